The maximum atomic E-state index is 8.46. The third-order valence-corrected chi connectivity index (χ3v) is 1.61. The number of nitriles is 1. The standard InChI is InChI=1S/C7H11N5/c1-6(9-2)4-12-5-7(3-8)10-11-12/h5-6,9H,4H2,1-2H3. The van der Waals surface area contributed by atoms with E-state index in [1.807, 2.05) is 20.0 Å². The van der Waals surface area contributed by atoms with Crippen molar-refractivity contribution in [2.45, 2.75) is 19.5 Å². The highest BCUT2D eigenvalue weighted by molar-refractivity contribution is 5.13. The van der Waals surface area contributed by atoms with E-state index in [2.05, 4.69) is 15.6 Å². The summed E-state index contributed by atoms with van der Waals surface area (Å²) in [5.41, 5.74) is 0.360. The summed E-state index contributed by atoms with van der Waals surface area (Å²) < 4.78 is 1.65. The molecular weight excluding hydrogens is 154 g/mol. The zero-order chi connectivity index (χ0) is 8.97. The molecule has 1 N–H and O–H groups in total. The molecule has 1 aromatic rings. The molecular formula is C7H11N5. The lowest BCUT2D eigenvalue weighted by Gasteiger charge is -2.07. The van der Waals surface area contributed by atoms with Crippen LogP contribution in [-0.2, 0) is 6.54 Å². The van der Waals surface area contributed by atoms with E-state index in [-0.39, 0.29) is 0 Å². The maximum Gasteiger partial charge on any atom is 0.182 e. The third-order valence-electron chi connectivity index (χ3n) is 1.61. The molecule has 0 amide bonds. The zero-order valence-electron chi connectivity index (χ0n) is 7.15. The molecule has 0 spiro atoms. The van der Waals surface area contributed by atoms with E-state index in [9.17, 15) is 0 Å². The minimum atomic E-state index is 0.332. The van der Waals surface area contributed by atoms with E-state index in [0.717, 1.165) is 6.54 Å². The molecule has 1 rings (SSSR count). The van der Waals surface area contributed by atoms with E-state index in [4.69, 9.17) is 5.26 Å². The largest absolute Gasteiger partial charge is 0.315 e. The first-order chi connectivity index (χ1) is 5.76. The van der Waals surface area contributed by atoms with Crippen molar-refractivity contribution in [2.24, 2.45) is 0 Å². The number of nitrogens with zero attached hydrogens (tertiary/aromatic N) is 4. The summed E-state index contributed by atoms with van der Waals surface area (Å²) in [6.45, 7) is 2.76. The lowest BCUT2D eigenvalue weighted by molar-refractivity contribution is 0.471. The molecule has 1 atom stereocenters. The molecule has 64 valence electrons. The van der Waals surface area contributed by atoms with Crippen molar-refractivity contribution in [2.75, 3.05) is 7.05 Å². The minimum Gasteiger partial charge on any atom is -0.315 e. The molecule has 0 fully saturated rings. The number of nitrogens with one attached hydrogen (secondary N) is 1. The Labute approximate surface area is 71.0 Å². The molecule has 0 aliphatic rings. The van der Waals surface area contributed by atoms with Gasteiger partial charge >= 0.3 is 0 Å². The lowest BCUT2D eigenvalue weighted by atomic mass is 10.3. The molecule has 0 aromatic carbocycles. The van der Waals surface area contributed by atoms with Gasteiger partial charge in [0.15, 0.2) is 5.69 Å². The number of rotatable bonds is 3. The average Bonchev–Trinajstić information content (AvgIpc) is 2.52. The number of aromatic nitrogens is 3. The van der Waals surface area contributed by atoms with Crippen LogP contribution in [0.15, 0.2) is 6.20 Å². The Bertz CT molecular complexity index is 284. The Morgan fingerprint density at radius 2 is 2.58 bits per heavy atom. The van der Waals surface area contributed by atoms with Gasteiger partial charge in [-0.3, -0.25) is 0 Å². The molecule has 1 unspecified atom stereocenters. The molecule has 0 saturated heterocycles. The second-order valence-corrected chi connectivity index (χ2v) is 2.63. The van der Waals surface area contributed by atoms with Gasteiger partial charge in [0, 0.05) is 6.04 Å². The summed E-state index contributed by atoms with van der Waals surface area (Å²) in [5, 5.41) is 19.0. The quantitative estimate of drug-likeness (QED) is 0.671. The van der Waals surface area contributed by atoms with Crippen LogP contribution in [0.5, 0.6) is 0 Å². The summed E-state index contributed by atoms with van der Waals surface area (Å²) in [7, 11) is 1.88. The van der Waals surface area contributed by atoms with Gasteiger partial charge in [-0.1, -0.05) is 5.21 Å². The van der Waals surface area contributed by atoms with E-state index in [1.54, 1.807) is 10.9 Å². The van der Waals surface area contributed by atoms with Gasteiger partial charge in [-0.05, 0) is 14.0 Å². The van der Waals surface area contributed by atoms with E-state index < -0.39 is 0 Å². The van der Waals surface area contributed by atoms with Crippen LogP contribution >= 0.6 is 0 Å². The highest BCUT2D eigenvalue weighted by Gasteiger charge is 2.02. The highest BCUT2D eigenvalue weighted by atomic mass is 15.4. The maximum absolute atomic E-state index is 8.46. The monoisotopic (exact) mass is 165 g/mol. The summed E-state index contributed by atoms with van der Waals surface area (Å²) >= 11 is 0. The van der Waals surface area contributed by atoms with Gasteiger partial charge in [0.2, 0.25) is 0 Å². The second kappa shape index (κ2) is 3.83. The van der Waals surface area contributed by atoms with Crippen LogP contribution in [-0.4, -0.2) is 28.1 Å². The highest BCUT2D eigenvalue weighted by Crippen LogP contribution is 1.92. The van der Waals surface area contributed by atoms with Crippen LogP contribution in [0.4, 0.5) is 0 Å². The predicted octanol–water partition coefficient (Wildman–Crippen LogP) is -0.242. The van der Waals surface area contributed by atoms with E-state index in [1.165, 1.54) is 0 Å². The average molecular weight is 165 g/mol. The van der Waals surface area contributed by atoms with Crippen molar-refractivity contribution in [1.29, 1.82) is 5.26 Å². The summed E-state index contributed by atoms with van der Waals surface area (Å²) in [6.07, 6.45) is 1.63. The van der Waals surface area contributed by atoms with Gasteiger partial charge in [-0.25, -0.2) is 4.68 Å². The molecule has 5 heteroatoms. The Morgan fingerprint density at radius 1 is 1.83 bits per heavy atom. The van der Waals surface area contributed by atoms with E-state index in [0.29, 0.717) is 11.7 Å². The molecule has 0 aliphatic carbocycles. The van der Waals surface area contributed by atoms with Crippen molar-refractivity contribution >= 4 is 0 Å². The van der Waals surface area contributed by atoms with E-state index >= 15 is 0 Å². The van der Waals surface area contributed by atoms with Crippen molar-refractivity contribution < 1.29 is 0 Å². The normalized spacial score (nSPS) is 12.4. The van der Waals surface area contributed by atoms with Crippen LogP contribution in [0, 0.1) is 11.3 Å². The molecule has 0 radical (unpaired) electrons. The Morgan fingerprint density at radius 3 is 3.08 bits per heavy atom. The fraction of sp³-hybridized carbons (Fsp3) is 0.571. The smallest absolute Gasteiger partial charge is 0.182 e. The van der Waals surface area contributed by atoms with Gasteiger partial charge in [-0.15, -0.1) is 5.10 Å². The molecule has 1 aromatic heterocycles. The Hall–Kier alpha value is -1.41. The molecule has 12 heavy (non-hydrogen) atoms. The van der Waals surface area contributed by atoms with Crippen LogP contribution in [0.25, 0.3) is 0 Å². The molecule has 0 saturated carbocycles. The zero-order valence-corrected chi connectivity index (χ0v) is 7.15. The fourth-order valence-electron chi connectivity index (χ4n) is 0.811. The van der Waals surface area contributed by atoms with Gasteiger partial charge in [0.1, 0.15) is 6.07 Å². The number of hydrogen-bond acceptors (Lipinski definition) is 4. The predicted molar refractivity (Wildman–Crippen MR) is 43.3 cm³/mol. The summed E-state index contributed by atoms with van der Waals surface area (Å²) in [6, 6.07) is 2.26. The third kappa shape index (κ3) is 2.04. The minimum absolute atomic E-state index is 0.332. The first-order valence-electron chi connectivity index (χ1n) is 3.73. The Kier molecular flexibility index (Phi) is 2.77. The summed E-state index contributed by atoms with van der Waals surface area (Å²) in [5.74, 6) is 0. The van der Waals surface area contributed by atoms with Crippen molar-refractivity contribution in [3.8, 4) is 6.07 Å². The van der Waals surface area contributed by atoms with Crippen molar-refractivity contribution in [3.05, 3.63) is 11.9 Å². The Balaban J connectivity index is 2.59. The second-order valence-electron chi connectivity index (χ2n) is 2.63. The van der Waals surface area contributed by atoms with Crippen LogP contribution in [0.2, 0.25) is 0 Å². The van der Waals surface area contributed by atoms with Gasteiger partial charge < -0.3 is 5.32 Å². The fourth-order valence-corrected chi connectivity index (χ4v) is 0.811. The first-order valence-corrected chi connectivity index (χ1v) is 3.73. The van der Waals surface area contributed by atoms with Gasteiger partial charge in [0.25, 0.3) is 0 Å². The van der Waals surface area contributed by atoms with Gasteiger partial charge in [0.05, 0.1) is 12.7 Å². The molecule has 0 bridgehead atoms. The van der Waals surface area contributed by atoms with Crippen molar-refractivity contribution in [1.82, 2.24) is 20.3 Å². The lowest BCUT2D eigenvalue weighted by Crippen LogP contribution is -2.26. The number of likely N-dealkylation sites (N-methyl/N-ethyl adjacent to an activating group) is 1. The molecule has 1 heterocycles. The number of hydrogen-bond donors (Lipinski definition) is 1. The summed E-state index contributed by atoms with van der Waals surface area (Å²) in [4.78, 5) is 0. The van der Waals surface area contributed by atoms with Crippen LogP contribution in [0.1, 0.15) is 12.6 Å². The molecule has 0 aliphatic heterocycles. The van der Waals surface area contributed by atoms with Gasteiger partial charge in [-0.2, -0.15) is 5.26 Å². The van der Waals surface area contributed by atoms with Crippen LogP contribution < -0.4 is 5.32 Å². The SMILES string of the molecule is CNC(C)Cn1cc(C#N)nn1. The topological polar surface area (TPSA) is 66.5 Å². The van der Waals surface area contributed by atoms with Crippen molar-refractivity contribution in [3.63, 3.8) is 0 Å². The van der Waals surface area contributed by atoms with Crippen LogP contribution in [0.3, 0.4) is 0 Å². The molecule has 5 nitrogen and oxygen atoms in total. The first kappa shape index (κ1) is 8.68.